The second-order valence-corrected chi connectivity index (χ2v) is 8.39. The van der Waals surface area contributed by atoms with Gasteiger partial charge in [0.15, 0.2) is 11.3 Å². The average Bonchev–Trinajstić information content (AvgIpc) is 3.19. The predicted octanol–water partition coefficient (Wildman–Crippen LogP) is 6.21. The molecule has 0 aliphatic heterocycles. The van der Waals surface area contributed by atoms with Gasteiger partial charge in [-0.15, -0.1) is 0 Å². The van der Waals surface area contributed by atoms with Crippen LogP contribution in [-0.4, -0.2) is 26.7 Å². The van der Waals surface area contributed by atoms with Crippen LogP contribution in [0.2, 0.25) is 5.02 Å². The topological polar surface area (TPSA) is 78.0 Å². The summed E-state index contributed by atoms with van der Waals surface area (Å²) in [5, 5.41) is 14.8. The van der Waals surface area contributed by atoms with Crippen LogP contribution in [0.3, 0.4) is 0 Å². The Bertz CT molecular complexity index is 1270. The zero-order valence-corrected chi connectivity index (χ0v) is 19.2. The molecule has 0 spiro atoms. The summed E-state index contributed by atoms with van der Waals surface area (Å²) >= 11 is 5.82. The highest BCUT2D eigenvalue weighted by Crippen LogP contribution is 2.43. The summed E-state index contributed by atoms with van der Waals surface area (Å²) < 4.78 is 58.1. The molecule has 11 heteroatoms. The first-order valence-corrected chi connectivity index (χ1v) is 10.5. The molecule has 0 radical (unpaired) electrons. The first kappa shape index (κ1) is 25.4. The Kier molecular flexibility index (Phi) is 6.84. The van der Waals surface area contributed by atoms with E-state index in [-0.39, 0.29) is 17.0 Å². The smallest absolute Gasteiger partial charge is 0.294 e. The maximum absolute atomic E-state index is 14.5. The molecule has 0 saturated carbocycles. The Morgan fingerprint density at radius 3 is 2.47 bits per heavy atom. The summed E-state index contributed by atoms with van der Waals surface area (Å²) in [5.74, 6) is -1.96. The number of carbonyl (C=O) groups is 1. The Balaban J connectivity index is 2.09. The van der Waals surface area contributed by atoms with Crippen LogP contribution in [-0.2, 0) is 18.4 Å². The molecule has 0 amide bonds. The minimum Gasteiger partial charge on any atom is -0.294 e. The van der Waals surface area contributed by atoms with Crippen LogP contribution in [0.4, 0.5) is 23.2 Å². The van der Waals surface area contributed by atoms with Gasteiger partial charge in [-0.05, 0) is 48.6 Å². The molecule has 0 saturated heterocycles. The third-order valence-electron chi connectivity index (χ3n) is 5.88. The second kappa shape index (κ2) is 9.17. The fourth-order valence-corrected chi connectivity index (χ4v) is 3.98. The van der Waals surface area contributed by atoms with Gasteiger partial charge in [0.1, 0.15) is 0 Å². The third kappa shape index (κ3) is 4.42. The highest BCUT2D eigenvalue weighted by Gasteiger charge is 2.55. The number of Topliss-reactive ketones (excluding diaryl/α,β-unsaturated/α-hetero) is 1. The van der Waals surface area contributed by atoms with Gasteiger partial charge in [-0.3, -0.25) is 19.6 Å². The van der Waals surface area contributed by atoms with E-state index < -0.39 is 39.5 Å². The largest absolute Gasteiger partial charge is 0.417 e. The number of hydrogen-bond donors (Lipinski definition) is 0. The minimum absolute atomic E-state index is 0.0455. The van der Waals surface area contributed by atoms with Crippen LogP contribution >= 0.6 is 11.6 Å². The SMILES string of the molecule is CCc1cc(C(C)(n2cc(Cl)cn2)C(F)(F)F)cc(C)c1CC(=O)c1cccc([N+](=O)[O-])c1F. The van der Waals surface area contributed by atoms with Crippen LogP contribution in [0.25, 0.3) is 0 Å². The lowest BCUT2D eigenvalue weighted by molar-refractivity contribution is -0.387. The number of rotatable bonds is 7. The maximum atomic E-state index is 14.5. The fourth-order valence-electron chi connectivity index (χ4n) is 3.84. The fraction of sp³-hybridized carbons (Fsp3) is 0.304. The number of alkyl halides is 3. The van der Waals surface area contributed by atoms with E-state index in [4.69, 9.17) is 11.6 Å². The van der Waals surface area contributed by atoms with Crippen LogP contribution in [0.1, 0.15) is 46.5 Å². The summed E-state index contributed by atoms with van der Waals surface area (Å²) in [5.41, 5.74) is -2.63. The zero-order chi connectivity index (χ0) is 25.4. The lowest BCUT2D eigenvalue weighted by atomic mass is 9.84. The summed E-state index contributed by atoms with van der Waals surface area (Å²) in [6.07, 6.45) is -2.58. The molecule has 1 heterocycles. The van der Waals surface area contributed by atoms with Gasteiger partial charge in [-0.25, -0.2) is 0 Å². The van der Waals surface area contributed by atoms with Crippen LogP contribution < -0.4 is 0 Å². The molecule has 34 heavy (non-hydrogen) atoms. The van der Waals surface area contributed by atoms with Crippen molar-refractivity contribution < 1.29 is 27.3 Å². The molecule has 0 aliphatic carbocycles. The molecule has 6 nitrogen and oxygen atoms in total. The van der Waals surface area contributed by atoms with Gasteiger partial charge < -0.3 is 0 Å². The van der Waals surface area contributed by atoms with Crippen molar-refractivity contribution in [2.75, 3.05) is 0 Å². The standard InChI is InChI=1S/C23H20ClF4N3O3/c1-4-14-9-15(22(3,23(26,27)28)30-12-16(24)11-29-30)8-13(2)18(14)10-20(32)17-6-5-7-19(21(17)25)31(33)34/h5-9,11-12H,4,10H2,1-3H3. The van der Waals surface area contributed by atoms with Crippen molar-refractivity contribution in [3.63, 3.8) is 0 Å². The number of halogens is 5. The van der Waals surface area contributed by atoms with E-state index in [0.29, 0.717) is 23.1 Å². The van der Waals surface area contributed by atoms with Crippen molar-refractivity contribution in [1.82, 2.24) is 9.78 Å². The summed E-state index contributed by atoms with van der Waals surface area (Å²) in [4.78, 5) is 22.9. The number of ketones is 1. The van der Waals surface area contributed by atoms with Gasteiger partial charge in [0.25, 0.3) is 0 Å². The van der Waals surface area contributed by atoms with Crippen LogP contribution in [0, 0.1) is 22.9 Å². The highest BCUT2D eigenvalue weighted by molar-refractivity contribution is 6.30. The molecule has 180 valence electrons. The van der Waals surface area contributed by atoms with Crippen molar-refractivity contribution >= 4 is 23.1 Å². The van der Waals surface area contributed by atoms with Crippen molar-refractivity contribution in [3.05, 3.63) is 91.5 Å². The molecule has 1 atom stereocenters. The van der Waals surface area contributed by atoms with E-state index in [1.54, 1.807) is 13.8 Å². The lowest BCUT2D eigenvalue weighted by Crippen LogP contribution is -2.46. The second-order valence-electron chi connectivity index (χ2n) is 7.95. The van der Waals surface area contributed by atoms with Gasteiger partial charge in [-0.1, -0.05) is 36.7 Å². The van der Waals surface area contributed by atoms with Gasteiger partial charge >= 0.3 is 11.9 Å². The molecule has 0 fully saturated rings. The van der Waals surface area contributed by atoms with Crippen molar-refractivity contribution in [2.24, 2.45) is 0 Å². The Morgan fingerprint density at radius 2 is 1.94 bits per heavy atom. The Morgan fingerprint density at radius 1 is 1.26 bits per heavy atom. The van der Waals surface area contributed by atoms with Crippen molar-refractivity contribution in [3.8, 4) is 0 Å². The maximum Gasteiger partial charge on any atom is 0.417 e. The molecule has 1 aromatic heterocycles. The number of benzene rings is 2. The molecule has 3 aromatic rings. The van der Waals surface area contributed by atoms with Gasteiger partial charge in [-0.2, -0.15) is 22.7 Å². The monoisotopic (exact) mass is 497 g/mol. The van der Waals surface area contributed by atoms with E-state index in [1.165, 1.54) is 18.2 Å². The highest BCUT2D eigenvalue weighted by atomic mass is 35.5. The molecular weight excluding hydrogens is 478 g/mol. The lowest BCUT2D eigenvalue weighted by Gasteiger charge is -2.34. The molecule has 1 unspecified atom stereocenters. The molecule has 2 aromatic carbocycles. The first-order valence-electron chi connectivity index (χ1n) is 10.2. The normalized spacial score (nSPS) is 13.5. The molecule has 0 bridgehead atoms. The number of nitro benzene ring substituents is 1. The molecule has 3 rings (SSSR count). The molecule has 0 N–H and O–H groups in total. The summed E-state index contributed by atoms with van der Waals surface area (Å²) in [6, 6.07) is 5.96. The number of aryl methyl sites for hydroxylation is 2. The number of hydrogen-bond acceptors (Lipinski definition) is 4. The first-order chi connectivity index (χ1) is 15.8. The summed E-state index contributed by atoms with van der Waals surface area (Å²) in [7, 11) is 0. The minimum atomic E-state index is -4.73. The quantitative estimate of drug-likeness (QED) is 0.168. The number of carbonyl (C=O) groups excluding carboxylic acids is 1. The van der Waals surface area contributed by atoms with Gasteiger partial charge in [0, 0.05) is 18.7 Å². The number of nitro groups is 1. The van der Waals surface area contributed by atoms with Crippen molar-refractivity contribution in [2.45, 2.75) is 45.3 Å². The van der Waals surface area contributed by atoms with Gasteiger partial charge in [0.05, 0.1) is 21.7 Å². The Hall–Kier alpha value is -3.27. The zero-order valence-electron chi connectivity index (χ0n) is 18.4. The number of aromatic nitrogens is 2. The predicted molar refractivity (Wildman–Crippen MR) is 118 cm³/mol. The van der Waals surface area contributed by atoms with E-state index in [0.717, 1.165) is 36.1 Å². The van der Waals surface area contributed by atoms with Crippen LogP contribution in [0.15, 0.2) is 42.7 Å². The summed E-state index contributed by atoms with van der Waals surface area (Å²) in [6.45, 7) is 4.26. The third-order valence-corrected chi connectivity index (χ3v) is 6.08. The van der Waals surface area contributed by atoms with E-state index in [2.05, 4.69) is 5.10 Å². The molecular formula is C23H20ClF4N3O3. The molecule has 0 aliphatic rings. The number of nitrogens with zero attached hydrogens (tertiary/aromatic N) is 3. The van der Waals surface area contributed by atoms with Crippen molar-refractivity contribution in [1.29, 1.82) is 0 Å². The average molecular weight is 498 g/mol. The van der Waals surface area contributed by atoms with E-state index in [9.17, 15) is 32.5 Å². The Labute approximate surface area is 197 Å². The van der Waals surface area contributed by atoms with E-state index >= 15 is 0 Å². The van der Waals surface area contributed by atoms with E-state index in [1.807, 2.05) is 0 Å². The van der Waals surface area contributed by atoms with Gasteiger partial charge in [0.2, 0.25) is 5.82 Å². The van der Waals surface area contributed by atoms with Crippen LogP contribution in [0.5, 0.6) is 0 Å².